The first-order chi connectivity index (χ1) is 6.58. The monoisotopic (exact) mass is 252 g/mol. The number of imidazole rings is 1. The van der Waals surface area contributed by atoms with Crippen molar-refractivity contribution in [3.8, 4) is 0 Å². The molecule has 0 radical (unpaired) electrons. The lowest BCUT2D eigenvalue weighted by Crippen LogP contribution is -1.94. The van der Waals surface area contributed by atoms with E-state index in [1.807, 2.05) is 19.3 Å². The van der Waals surface area contributed by atoms with Crippen LogP contribution in [0.3, 0.4) is 0 Å². The van der Waals surface area contributed by atoms with Gasteiger partial charge in [0.1, 0.15) is 5.65 Å². The fraction of sp³-hybridized carbons (Fsp3) is 0.364. The van der Waals surface area contributed by atoms with E-state index in [1.54, 1.807) is 0 Å². The van der Waals surface area contributed by atoms with E-state index < -0.39 is 0 Å². The smallest absolute Gasteiger partial charge is 0.140 e. The molecule has 0 saturated heterocycles. The molecule has 0 fully saturated rings. The van der Waals surface area contributed by atoms with Gasteiger partial charge in [0.15, 0.2) is 0 Å². The van der Waals surface area contributed by atoms with Crippen LogP contribution in [0.15, 0.2) is 22.9 Å². The normalized spacial score (nSPS) is 11.5. The number of aryl methyl sites for hydroxylation is 1. The molecule has 74 valence electrons. The third kappa shape index (κ3) is 1.57. The number of hydrogen-bond donors (Lipinski definition) is 0. The number of fused-ring (bicyclic) bond motifs is 1. The molecule has 0 aliphatic carbocycles. The predicted molar refractivity (Wildman–Crippen MR) is 61.7 cm³/mol. The van der Waals surface area contributed by atoms with Crippen LogP contribution in [-0.2, 0) is 0 Å². The first-order valence-electron chi connectivity index (χ1n) is 4.72. The van der Waals surface area contributed by atoms with Crippen molar-refractivity contribution in [2.75, 3.05) is 0 Å². The first-order valence-corrected chi connectivity index (χ1v) is 5.52. The van der Waals surface area contributed by atoms with Crippen LogP contribution >= 0.6 is 15.9 Å². The fourth-order valence-electron chi connectivity index (χ4n) is 1.64. The number of aromatic nitrogens is 2. The molecule has 14 heavy (non-hydrogen) atoms. The molecule has 0 bridgehead atoms. The highest BCUT2D eigenvalue weighted by atomic mass is 79.9. The van der Waals surface area contributed by atoms with E-state index >= 15 is 0 Å². The maximum atomic E-state index is 4.52. The van der Waals surface area contributed by atoms with Gasteiger partial charge in [-0.2, -0.15) is 0 Å². The number of rotatable bonds is 1. The van der Waals surface area contributed by atoms with Crippen molar-refractivity contribution in [3.63, 3.8) is 0 Å². The second-order valence-electron chi connectivity index (χ2n) is 3.88. The highest BCUT2D eigenvalue weighted by Crippen LogP contribution is 2.24. The molecular weight excluding hydrogens is 240 g/mol. The molecule has 2 aromatic heterocycles. The van der Waals surface area contributed by atoms with Gasteiger partial charge in [-0.25, -0.2) is 4.98 Å². The summed E-state index contributed by atoms with van der Waals surface area (Å²) < 4.78 is 3.18. The van der Waals surface area contributed by atoms with E-state index in [0.717, 1.165) is 15.8 Å². The van der Waals surface area contributed by atoms with Crippen LogP contribution in [0, 0.1) is 6.92 Å². The fourth-order valence-corrected chi connectivity index (χ4v) is 2.10. The Labute approximate surface area is 92.1 Å². The molecule has 0 N–H and O–H groups in total. The zero-order valence-corrected chi connectivity index (χ0v) is 10.2. The molecule has 0 amide bonds. The summed E-state index contributed by atoms with van der Waals surface area (Å²) in [5, 5.41) is 0. The number of nitrogens with zero attached hydrogens (tertiary/aromatic N) is 2. The zero-order valence-electron chi connectivity index (χ0n) is 8.58. The molecule has 3 heteroatoms. The van der Waals surface area contributed by atoms with E-state index in [0.29, 0.717) is 5.92 Å². The van der Waals surface area contributed by atoms with E-state index in [-0.39, 0.29) is 0 Å². The summed E-state index contributed by atoms with van der Waals surface area (Å²) in [5.41, 5.74) is 3.41. The van der Waals surface area contributed by atoms with Gasteiger partial charge in [0, 0.05) is 16.9 Å². The van der Waals surface area contributed by atoms with E-state index in [9.17, 15) is 0 Å². The third-order valence-electron chi connectivity index (χ3n) is 2.29. The minimum atomic E-state index is 0.497. The molecule has 0 atom stereocenters. The van der Waals surface area contributed by atoms with Crippen molar-refractivity contribution in [2.24, 2.45) is 0 Å². The van der Waals surface area contributed by atoms with Crippen LogP contribution in [0.25, 0.3) is 5.65 Å². The standard InChI is InChI=1S/C11H13BrN2/c1-7(2)10-4-9(12)6-14-5-8(3)13-11(10)14/h4-7H,1-3H3. The van der Waals surface area contributed by atoms with Crippen molar-refractivity contribution in [3.05, 3.63) is 34.2 Å². The maximum absolute atomic E-state index is 4.52. The van der Waals surface area contributed by atoms with E-state index in [4.69, 9.17) is 0 Å². The van der Waals surface area contributed by atoms with Gasteiger partial charge in [-0.05, 0) is 40.4 Å². The molecule has 0 unspecified atom stereocenters. The molecular formula is C11H13BrN2. The summed E-state index contributed by atoms with van der Waals surface area (Å²) in [6.07, 6.45) is 4.09. The van der Waals surface area contributed by atoms with Crippen molar-refractivity contribution in [1.29, 1.82) is 0 Å². The lowest BCUT2D eigenvalue weighted by molar-refractivity contribution is 0.861. The summed E-state index contributed by atoms with van der Waals surface area (Å²) in [7, 11) is 0. The van der Waals surface area contributed by atoms with Gasteiger partial charge < -0.3 is 4.40 Å². The molecule has 0 aliphatic heterocycles. The van der Waals surface area contributed by atoms with Gasteiger partial charge >= 0.3 is 0 Å². The minimum absolute atomic E-state index is 0.497. The van der Waals surface area contributed by atoms with Crippen LogP contribution < -0.4 is 0 Å². The molecule has 0 spiro atoms. The van der Waals surface area contributed by atoms with Gasteiger partial charge in [0.2, 0.25) is 0 Å². The second kappa shape index (κ2) is 3.39. The van der Waals surface area contributed by atoms with Gasteiger partial charge in [0.05, 0.1) is 5.69 Å². The molecule has 2 heterocycles. The summed E-state index contributed by atoms with van der Waals surface area (Å²) in [4.78, 5) is 4.52. The summed E-state index contributed by atoms with van der Waals surface area (Å²) in [6, 6.07) is 2.15. The van der Waals surface area contributed by atoms with Crippen molar-refractivity contribution in [1.82, 2.24) is 9.38 Å². The average Bonchev–Trinajstić information content (AvgIpc) is 2.42. The van der Waals surface area contributed by atoms with Crippen molar-refractivity contribution >= 4 is 21.6 Å². The van der Waals surface area contributed by atoms with E-state index in [2.05, 4.69) is 45.2 Å². The Kier molecular flexibility index (Phi) is 2.35. The summed E-state index contributed by atoms with van der Waals surface area (Å²) in [6.45, 7) is 6.39. The first kappa shape index (κ1) is 9.71. The predicted octanol–water partition coefficient (Wildman–Crippen LogP) is 3.53. The zero-order chi connectivity index (χ0) is 10.3. The lowest BCUT2D eigenvalue weighted by Gasteiger charge is -2.07. The van der Waals surface area contributed by atoms with Gasteiger partial charge in [-0.15, -0.1) is 0 Å². The molecule has 2 rings (SSSR count). The largest absolute Gasteiger partial charge is 0.305 e. The maximum Gasteiger partial charge on any atom is 0.140 e. The van der Waals surface area contributed by atoms with Crippen LogP contribution in [0.2, 0.25) is 0 Å². The SMILES string of the molecule is Cc1cn2cc(Br)cc(C(C)C)c2n1. The Balaban J connectivity index is 2.79. The molecule has 2 nitrogen and oxygen atoms in total. The van der Waals surface area contributed by atoms with Crippen molar-refractivity contribution < 1.29 is 0 Å². The quantitative estimate of drug-likeness (QED) is 0.759. The van der Waals surface area contributed by atoms with Crippen LogP contribution in [-0.4, -0.2) is 9.38 Å². The van der Waals surface area contributed by atoms with E-state index in [1.165, 1.54) is 5.56 Å². The Morgan fingerprint density at radius 2 is 2.07 bits per heavy atom. The third-order valence-corrected chi connectivity index (χ3v) is 2.72. The molecule has 2 aromatic rings. The van der Waals surface area contributed by atoms with Crippen LogP contribution in [0.4, 0.5) is 0 Å². The highest BCUT2D eigenvalue weighted by molar-refractivity contribution is 9.10. The highest BCUT2D eigenvalue weighted by Gasteiger charge is 2.08. The second-order valence-corrected chi connectivity index (χ2v) is 4.80. The Bertz CT molecular complexity index is 471. The summed E-state index contributed by atoms with van der Waals surface area (Å²) >= 11 is 3.51. The van der Waals surface area contributed by atoms with Crippen LogP contribution in [0.1, 0.15) is 31.0 Å². The van der Waals surface area contributed by atoms with Gasteiger partial charge in [0.25, 0.3) is 0 Å². The summed E-state index contributed by atoms with van der Waals surface area (Å²) in [5.74, 6) is 0.497. The van der Waals surface area contributed by atoms with Gasteiger partial charge in [-0.3, -0.25) is 0 Å². The Morgan fingerprint density at radius 1 is 1.36 bits per heavy atom. The lowest BCUT2D eigenvalue weighted by atomic mass is 10.1. The topological polar surface area (TPSA) is 17.3 Å². The van der Waals surface area contributed by atoms with Crippen LogP contribution in [0.5, 0.6) is 0 Å². The molecule has 0 aromatic carbocycles. The number of halogens is 1. The van der Waals surface area contributed by atoms with Crippen molar-refractivity contribution in [2.45, 2.75) is 26.7 Å². The molecule has 0 aliphatic rings. The Hall–Kier alpha value is -0.830. The number of pyridine rings is 1. The van der Waals surface area contributed by atoms with Gasteiger partial charge in [-0.1, -0.05) is 13.8 Å². The average molecular weight is 253 g/mol. The minimum Gasteiger partial charge on any atom is -0.305 e. The Morgan fingerprint density at radius 3 is 2.71 bits per heavy atom. The molecule has 0 saturated carbocycles. The number of hydrogen-bond acceptors (Lipinski definition) is 1.